The molecule has 12 heavy (non-hydrogen) atoms. The maximum atomic E-state index is 10.3. The molecule has 5 nitrogen and oxygen atoms in total. The number of carboxylic acids is 1. The van der Waals surface area contributed by atoms with Gasteiger partial charge in [-0.15, -0.1) is 0 Å². The van der Waals surface area contributed by atoms with Crippen molar-refractivity contribution in [2.45, 2.75) is 19.4 Å². The molecular weight excluding hydrogens is 158 g/mol. The molecule has 0 radical (unpaired) electrons. The van der Waals surface area contributed by atoms with Crippen LogP contribution in [0.4, 0.5) is 0 Å². The van der Waals surface area contributed by atoms with Gasteiger partial charge in [0.15, 0.2) is 0 Å². The van der Waals surface area contributed by atoms with Gasteiger partial charge in [0.2, 0.25) is 0 Å². The molecule has 0 aliphatic rings. The lowest BCUT2D eigenvalue weighted by Crippen LogP contribution is -2.32. The first-order valence-corrected chi connectivity index (χ1v) is 3.64. The summed E-state index contributed by atoms with van der Waals surface area (Å²) in [6.45, 7) is 2.35. The number of aliphatic imine (C=N–C) groups is 1. The zero-order valence-corrected chi connectivity index (χ0v) is 6.95. The fraction of sp³-hybridized carbons (Fsp3) is 0.571. The Bertz CT molecular complexity index is 201. The van der Waals surface area contributed by atoms with Crippen LogP contribution in [0, 0.1) is 5.41 Å². The zero-order valence-electron chi connectivity index (χ0n) is 6.95. The van der Waals surface area contributed by atoms with Gasteiger partial charge in [0.1, 0.15) is 6.04 Å². The van der Waals surface area contributed by atoms with Crippen LogP contribution in [0.2, 0.25) is 0 Å². The van der Waals surface area contributed by atoms with Crippen molar-refractivity contribution >= 4 is 17.9 Å². The third-order valence-electron chi connectivity index (χ3n) is 1.27. The molecule has 1 atom stereocenters. The van der Waals surface area contributed by atoms with E-state index in [1.165, 1.54) is 0 Å². The van der Waals surface area contributed by atoms with Crippen molar-refractivity contribution in [1.29, 1.82) is 5.41 Å². The van der Waals surface area contributed by atoms with Crippen LogP contribution in [0.5, 0.6) is 0 Å². The van der Waals surface area contributed by atoms with Crippen LogP contribution in [0.25, 0.3) is 0 Å². The van der Waals surface area contributed by atoms with E-state index in [9.17, 15) is 4.79 Å². The Morgan fingerprint density at radius 2 is 2.42 bits per heavy atom. The first-order valence-electron chi connectivity index (χ1n) is 3.64. The minimum atomic E-state index is -1.07. The Morgan fingerprint density at radius 1 is 1.83 bits per heavy atom. The average Bonchev–Trinajstić information content (AvgIpc) is 2.03. The van der Waals surface area contributed by atoms with E-state index in [0.717, 1.165) is 6.21 Å². The number of nitrogens with zero attached hydrogens (tertiary/aromatic N) is 1. The molecule has 0 bridgehead atoms. The first kappa shape index (κ1) is 10.8. The Balaban J connectivity index is 4.11. The van der Waals surface area contributed by atoms with Crippen LogP contribution in [-0.2, 0) is 4.79 Å². The predicted octanol–water partition coefficient (Wildman–Crippen LogP) is -0.101. The molecule has 0 aromatic carbocycles. The largest absolute Gasteiger partial charge is 0.480 e. The molecule has 0 rings (SSSR count). The van der Waals surface area contributed by atoms with E-state index in [1.54, 1.807) is 0 Å². The van der Waals surface area contributed by atoms with Gasteiger partial charge in [0, 0.05) is 19.2 Å². The van der Waals surface area contributed by atoms with Crippen molar-refractivity contribution in [3.8, 4) is 0 Å². The number of aliphatic carboxylic acids is 1. The van der Waals surface area contributed by atoms with Crippen LogP contribution in [0.15, 0.2) is 4.99 Å². The van der Waals surface area contributed by atoms with E-state index < -0.39 is 12.0 Å². The maximum absolute atomic E-state index is 10.3. The summed E-state index contributed by atoms with van der Waals surface area (Å²) >= 11 is 0. The summed E-state index contributed by atoms with van der Waals surface area (Å²) in [7, 11) is 0. The maximum Gasteiger partial charge on any atom is 0.320 e. The highest BCUT2D eigenvalue weighted by Gasteiger charge is 2.12. The van der Waals surface area contributed by atoms with Crippen molar-refractivity contribution in [3.05, 3.63) is 0 Å². The molecule has 0 unspecified atom stereocenters. The van der Waals surface area contributed by atoms with E-state index in [0.29, 0.717) is 12.3 Å². The SMILES string of the molecule is CCN=C(C=N)C[C@H](N)C(=O)O. The topological polar surface area (TPSA) is 99.5 Å². The summed E-state index contributed by atoms with van der Waals surface area (Å²) in [5.41, 5.74) is 5.66. The third-order valence-corrected chi connectivity index (χ3v) is 1.27. The van der Waals surface area contributed by atoms with Crippen molar-refractivity contribution in [3.63, 3.8) is 0 Å². The number of hydrogen-bond acceptors (Lipinski definition) is 4. The van der Waals surface area contributed by atoms with Crippen LogP contribution in [0.3, 0.4) is 0 Å². The molecule has 4 N–H and O–H groups in total. The van der Waals surface area contributed by atoms with E-state index >= 15 is 0 Å². The Morgan fingerprint density at radius 3 is 2.75 bits per heavy atom. The zero-order chi connectivity index (χ0) is 9.56. The number of nitrogens with one attached hydrogen (secondary N) is 1. The molecule has 0 fully saturated rings. The summed E-state index contributed by atoms with van der Waals surface area (Å²) in [6.07, 6.45) is 1.15. The molecule has 0 amide bonds. The molecule has 68 valence electrons. The molecular formula is C7H13N3O2. The fourth-order valence-electron chi connectivity index (χ4n) is 0.685. The number of rotatable bonds is 5. The predicted molar refractivity (Wildman–Crippen MR) is 47.0 cm³/mol. The molecule has 0 heterocycles. The lowest BCUT2D eigenvalue weighted by molar-refractivity contribution is -0.138. The lowest BCUT2D eigenvalue weighted by atomic mass is 10.1. The van der Waals surface area contributed by atoms with Crippen LogP contribution < -0.4 is 5.73 Å². The number of nitrogens with two attached hydrogens (primary N) is 1. The average molecular weight is 171 g/mol. The standard InChI is InChI=1S/C7H13N3O2/c1-2-10-5(4-8)3-6(9)7(11)12/h4,6,8H,2-3,9H2,1H3,(H,11,12)/t6-/m0/s1. The van der Waals surface area contributed by atoms with Crippen LogP contribution >= 0.6 is 0 Å². The molecule has 0 aliphatic carbocycles. The van der Waals surface area contributed by atoms with Crippen molar-refractivity contribution < 1.29 is 9.90 Å². The van der Waals surface area contributed by atoms with Crippen LogP contribution in [-0.4, -0.2) is 35.6 Å². The van der Waals surface area contributed by atoms with Gasteiger partial charge in [-0.05, 0) is 6.92 Å². The molecule has 0 saturated carbocycles. The molecule has 5 heteroatoms. The van der Waals surface area contributed by atoms with Crippen molar-refractivity contribution in [2.75, 3.05) is 6.54 Å². The van der Waals surface area contributed by atoms with E-state index in [1.807, 2.05) is 6.92 Å². The van der Waals surface area contributed by atoms with Crippen LogP contribution in [0.1, 0.15) is 13.3 Å². The minimum Gasteiger partial charge on any atom is -0.480 e. The number of carboxylic acid groups (broad SMARTS) is 1. The van der Waals surface area contributed by atoms with Gasteiger partial charge in [-0.1, -0.05) is 0 Å². The van der Waals surface area contributed by atoms with Gasteiger partial charge in [-0.25, -0.2) is 0 Å². The second-order valence-electron chi connectivity index (χ2n) is 2.26. The first-order chi connectivity index (χ1) is 5.61. The summed E-state index contributed by atoms with van der Waals surface area (Å²) in [5.74, 6) is -1.07. The normalized spacial score (nSPS) is 14.0. The summed E-state index contributed by atoms with van der Waals surface area (Å²) in [6, 6.07) is -0.961. The minimum absolute atomic E-state index is 0.118. The molecule has 0 spiro atoms. The van der Waals surface area contributed by atoms with E-state index in [2.05, 4.69) is 4.99 Å². The van der Waals surface area contributed by atoms with Crippen molar-refractivity contribution in [1.82, 2.24) is 0 Å². The summed E-state index contributed by atoms with van der Waals surface area (Å²) < 4.78 is 0. The molecule has 0 saturated heterocycles. The van der Waals surface area contributed by atoms with E-state index in [-0.39, 0.29) is 6.42 Å². The summed E-state index contributed by atoms with van der Waals surface area (Å²) in [4.78, 5) is 14.2. The molecule has 0 aromatic rings. The smallest absolute Gasteiger partial charge is 0.320 e. The molecule has 0 aliphatic heterocycles. The number of carbonyl (C=O) groups is 1. The van der Waals surface area contributed by atoms with E-state index in [4.69, 9.17) is 16.2 Å². The highest BCUT2D eigenvalue weighted by Crippen LogP contribution is 1.91. The number of hydrogen-bond donors (Lipinski definition) is 3. The van der Waals surface area contributed by atoms with Gasteiger partial charge in [-0.3, -0.25) is 9.79 Å². The van der Waals surface area contributed by atoms with Crippen molar-refractivity contribution in [2.24, 2.45) is 10.7 Å². The second kappa shape index (κ2) is 5.42. The quantitative estimate of drug-likeness (QED) is 0.503. The highest BCUT2D eigenvalue weighted by molar-refractivity contribution is 6.30. The van der Waals surface area contributed by atoms with Gasteiger partial charge in [0.25, 0.3) is 0 Å². The van der Waals surface area contributed by atoms with Gasteiger partial charge >= 0.3 is 5.97 Å². The molecule has 0 aromatic heterocycles. The summed E-state index contributed by atoms with van der Waals surface area (Å²) in [5, 5.41) is 15.3. The van der Waals surface area contributed by atoms with Gasteiger partial charge in [0.05, 0.1) is 5.71 Å². The van der Waals surface area contributed by atoms with Gasteiger partial charge in [-0.2, -0.15) is 0 Å². The van der Waals surface area contributed by atoms with Gasteiger partial charge < -0.3 is 16.2 Å². The fourth-order valence-corrected chi connectivity index (χ4v) is 0.685. The monoisotopic (exact) mass is 171 g/mol. The Kier molecular flexibility index (Phi) is 4.87. The Labute approximate surface area is 70.8 Å². The second-order valence-corrected chi connectivity index (χ2v) is 2.26. The lowest BCUT2D eigenvalue weighted by Gasteiger charge is -2.04. The Hall–Kier alpha value is -1.23. The highest BCUT2D eigenvalue weighted by atomic mass is 16.4. The third kappa shape index (κ3) is 3.82.